The molecular weight excluding hydrogens is 237 g/mol. The molecule has 1 N–H and O–H groups in total. The quantitative estimate of drug-likeness (QED) is 0.707. The highest BCUT2D eigenvalue weighted by molar-refractivity contribution is 7.16. The predicted molar refractivity (Wildman–Crippen MR) is 66.7 cm³/mol. The molecule has 3 aromatic rings. The van der Waals surface area contributed by atoms with Gasteiger partial charge in [-0.3, -0.25) is 0 Å². The Balaban J connectivity index is 2.16. The maximum absolute atomic E-state index is 13.3. The molecule has 0 aliphatic carbocycles. The molecule has 2 nitrogen and oxygen atoms in total. The topological polar surface area (TPSA) is 33.1 Å². The second-order valence-electron chi connectivity index (χ2n) is 3.70. The van der Waals surface area contributed by atoms with Crippen molar-refractivity contribution in [2.75, 3.05) is 0 Å². The fourth-order valence-electron chi connectivity index (χ4n) is 1.72. The van der Waals surface area contributed by atoms with Gasteiger partial charge in [-0.15, -0.1) is 11.3 Å². The van der Waals surface area contributed by atoms with Crippen LogP contribution in [0.5, 0.6) is 5.75 Å². The molecule has 0 fully saturated rings. The maximum atomic E-state index is 13.3. The molecule has 17 heavy (non-hydrogen) atoms. The first kappa shape index (κ1) is 10.2. The summed E-state index contributed by atoms with van der Waals surface area (Å²) in [6.07, 6.45) is 0. The van der Waals surface area contributed by atoms with Gasteiger partial charge in [-0.05, 0) is 35.4 Å². The van der Waals surface area contributed by atoms with Crippen LogP contribution in [0.1, 0.15) is 0 Å². The summed E-state index contributed by atoms with van der Waals surface area (Å²) < 4.78 is 14.3. The molecule has 0 atom stereocenters. The number of fused-ring (bicyclic) bond motifs is 1. The second kappa shape index (κ2) is 3.82. The molecule has 0 spiro atoms. The molecule has 0 aliphatic rings. The number of phenolic OH excluding ortho intramolecular Hbond substituents is 1. The molecule has 0 amide bonds. The third-order valence-electron chi connectivity index (χ3n) is 2.61. The summed E-state index contributed by atoms with van der Waals surface area (Å²) in [7, 11) is 0. The van der Waals surface area contributed by atoms with Gasteiger partial charge < -0.3 is 5.11 Å². The van der Waals surface area contributed by atoms with Crippen LogP contribution < -0.4 is 0 Å². The van der Waals surface area contributed by atoms with E-state index >= 15 is 0 Å². The van der Waals surface area contributed by atoms with Crippen molar-refractivity contribution in [3.63, 3.8) is 0 Å². The van der Waals surface area contributed by atoms with Crippen molar-refractivity contribution in [2.24, 2.45) is 0 Å². The Bertz CT molecular complexity index is 693. The van der Waals surface area contributed by atoms with Gasteiger partial charge in [-0.25, -0.2) is 9.37 Å². The number of aromatic hydroxyl groups is 1. The molecule has 4 heteroatoms. The van der Waals surface area contributed by atoms with E-state index in [-0.39, 0.29) is 5.75 Å². The first-order valence-electron chi connectivity index (χ1n) is 5.06. The lowest BCUT2D eigenvalue weighted by Gasteiger charge is -2.03. The van der Waals surface area contributed by atoms with Crippen LogP contribution in [0.3, 0.4) is 0 Å². The van der Waals surface area contributed by atoms with Crippen LogP contribution in [0.4, 0.5) is 4.39 Å². The molecule has 0 saturated heterocycles. The normalized spacial score (nSPS) is 10.9. The minimum absolute atomic E-state index is 0.326. The van der Waals surface area contributed by atoms with Crippen molar-refractivity contribution < 1.29 is 9.50 Å². The van der Waals surface area contributed by atoms with Gasteiger partial charge in [0.2, 0.25) is 0 Å². The summed E-state index contributed by atoms with van der Waals surface area (Å²) in [5.41, 5.74) is 4.39. The van der Waals surface area contributed by atoms with Gasteiger partial charge in [-0.1, -0.05) is 12.1 Å². The van der Waals surface area contributed by atoms with E-state index in [0.717, 1.165) is 21.3 Å². The van der Waals surface area contributed by atoms with E-state index in [1.165, 1.54) is 12.1 Å². The van der Waals surface area contributed by atoms with Crippen LogP contribution in [-0.4, -0.2) is 10.1 Å². The molecule has 0 saturated carbocycles. The van der Waals surface area contributed by atoms with Gasteiger partial charge in [0.25, 0.3) is 0 Å². The highest BCUT2D eigenvalue weighted by atomic mass is 32.1. The average molecular weight is 245 g/mol. The lowest BCUT2D eigenvalue weighted by Crippen LogP contribution is -1.81. The first-order valence-corrected chi connectivity index (χ1v) is 5.94. The Labute approximate surface area is 101 Å². The summed E-state index contributed by atoms with van der Waals surface area (Å²) >= 11 is 1.55. The monoisotopic (exact) mass is 245 g/mol. The SMILES string of the molecule is Oc1ccc(-c2ccc3ncsc3c2)cc1F. The number of phenols is 1. The van der Waals surface area contributed by atoms with Crippen molar-refractivity contribution in [3.8, 4) is 16.9 Å². The Morgan fingerprint density at radius 2 is 1.82 bits per heavy atom. The van der Waals surface area contributed by atoms with Gasteiger partial charge in [0.1, 0.15) is 0 Å². The lowest BCUT2D eigenvalue weighted by atomic mass is 10.1. The van der Waals surface area contributed by atoms with Crippen LogP contribution in [0.25, 0.3) is 21.3 Å². The number of aromatic nitrogens is 1. The fraction of sp³-hybridized carbons (Fsp3) is 0. The number of benzene rings is 2. The molecule has 2 aromatic carbocycles. The number of hydrogen-bond acceptors (Lipinski definition) is 3. The van der Waals surface area contributed by atoms with E-state index in [1.54, 1.807) is 22.9 Å². The van der Waals surface area contributed by atoms with Crippen LogP contribution >= 0.6 is 11.3 Å². The Morgan fingerprint density at radius 1 is 1.06 bits per heavy atom. The molecule has 84 valence electrons. The molecule has 1 heterocycles. The molecular formula is C13H8FNOS. The Kier molecular flexibility index (Phi) is 2.30. The van der Waals surface area contributed by atoms with Gasteiger partial charge in [0, 0.05) is 0 Å². The zero-order valence-electron chi connectivity index (χ0n) is 8.72. The average Bonchev–Trinajstić information content (AvgIpc) is 2.79. The highest BCUT2D eigenvalue weighted by Gasteiger charge is 2.05. The minimum atomic E-state index is -0.605. The Hall–Kier alpha value is -1.94. The number of rotatable bonds is 1. The van der Waals surface area contributed by atoms with Crippen LogP contribution in [-0.2, 0) is 0 Å². The zero-order valence-corrected chi connectivity index (χ0v) is 9.54. The zero-order chi connectivity index (χ0) is 11.8. The van der Waals surface area contributed by atoms with Gasteiger partial charge >= 0.3 is 0 Å². The van der Waals surface area contributed by atoms with Gasteiger partial charge in [0.05, 0.1) is 15.7 Å². The van der Waals surface area contributed by atoms with Crippen molar-refractivity contribution in [1.82, 2.24) is 4.98 Å². The van der Waals surface area contributed by atoms with Crippen LogP contribution in [0.15, 0.2) is 41.9 Å². The summed E-state index contributed by atoms with van der Waals surface area (Å²) in [6, 6.07) is 10.2. The fourth-order valence-corrected chi connectivity index (χ4v) is 2.44. The van der Waals surface area contributed by atoms with E-state index < -0.39 is 5.82 Å². The second-order valence-corrected chi connectivity index (χ2v) is 4.59. The maximum Gasteiger partial charge on any atom is 0.165 e. The predicted octanol–water partition coefficient (Wildman–Crippen LogP) is 3.81. The van der Waals surface area contributed by atoms with Gasteiger partial charge in [-0.2, -0.15) is 0 Å². The largest absolute Gasteiger partial charge is 0.505 e. The molecule has 0 aliphatic heterocycles. The van der Waals surface area contributed by atoms with E-state index in [9.17, 15) is 4.39 Å². The number of nitrogens with zero attached hydrogens (tertiary/aromatic N) is 1. The molecule has 3 rings (SSSR count). The third-order valence-corrected chi connectivity index (χ3v) is 3.40. The highest BCUT2D eigenvalue weighted by Crippen LogP contribution is 2.28. The molecule has 0 unspecified atom stereocenters. The lowest BCUT2D eigenvalue weighted by molar-refractivity contribution is 0.432. The summed E-state index contributed by atoms with van der Waals surface area (Å²) in [5, 5.41) is 9.15. The molecule has 1 aromatic heterocycles. The summed E-state index contributed by atoms with van der Waals surface area (Å²) in [5.74, 6) is -0.931. The Morgan fingerprint density at radius 3 is 2.65 bits per heavy atom. The van der Waals surface area contributed by atoms with Crippen molar-refractivity contribution in [3.05, 3.63) is 47.7 Å². The van der Waals surface area contributed by atoms with Crippen LogP contribution in [0.2, 0.25) is 0 Å². The summed E-state index contributed by atoms with van der Waals surface area (Å²) in [4.78, 5) is 4.19. The number of hydrogen-bond donors (Lipinski definition) is 1. The number of halogens is 1. The van der Waals surface area contributed by atoms with E-state index in [4.69, 9.17) is 5.11 Å². The first-order chi connectivity index (χ1) is 8.24. The van der Waals surface area contributed by atoms with Crippen molar-refractivity contribution in [1.29, 1.82) is 0 Å². The van der Waals surface area contributed by atoms with Crippen molar-refractivity contribution in [2.45, 2.75) is 0 Å². The van der Waals surface area contributed by atoms with E-state index in [1.807, 2.05) is 18.2 Å². The summed E-state index contributed by atoms with van der Waals surface area (Å²) in [6.45, 7) is 0. The number of thiazole rings is 1. The molecule has 0 bridgehead atoms. The minimum Gasteiger partial charge on any atom is -0.505 e. The van der Waals surface area contributed by atoms with Crippen molar-refractivity contribution >= 4 is 21.6 Å². The van der Waals surface area contributed by atoms with E-state index in [0.29, 0.717) is 0 Å². The van der Waals surface area contributed by atoms with Gasteiger partial charge in [0.15, 0.2) is 11.6 Å². The smallest absolute Gasteiger partial charge is 0.165 e. The third kappa shape index (κ3) is 1.76. The van der Waals surface area contributed by atoms with E-state index in [2.05, 4.69) is 4.98 Å². The standard InChI is InChI=1S/C13H8FNOS/c14-10-5-8(2-4-12(10)16)9-1-3-11-13(6-9)17-7-15-11/h1-7,16H. The van der Waals surface area contributed by atoms with Crippen LogP contribution in [0, 0.1) is 5.82 Å². The molecule has 0 radical (unpaired) electrons.